The zero-order valence-corrected chi connectivity index (χ0v) is 18.1. The lowest BCUT2D eigenvalue weighted by Gasteiger charge is -2.15. The lowest BCUT2D eigenvalue weighted by molar-refractivity contribution is 0.324. The Balaban J connectivity index is 1.95. The third kappa shape index (κ3) is 3.48. The van der Waals surface area contributed by atoms with Crippen molar-refractivity contribution in [2.45, 2.75) is 6.92 Å². The lowest BCUT2D eigenvalue weighted by atomic mass is 10.0. The number of ether oxygens (including phenoxy) is 4. The van der Waals surface area contributed by atoms with E-state index in [0.29, 0.717) is 23.0 Å². The second-order valence-electron chi connectivity index (χ2n) is 7.05. The Hall–Kier alpha value is -3.87. The summed E-state index contributed by atoms with van der Waals surface area (Å²) >= 11 is 0. The Morgan fingerprint density at radius 1 is 0.774 bits per heavy atom. The molecule has 7 nitrogen and oxygen atoms in total. The van der Waals surface area contributed by atoms with E-state index in [-0.39, 0.29) is 5.75 Å². The van der Waals surface area contributed by atoms with Gasteiger partial charge in [0.1, 0.15) is 23.3 Å². The molecule has 7 heteroatoms. The van der Waals surface area contributed by atoms with E-state index in [0.717, 1.165) is 33.4 Å². The van der Waals surface area contributed by atoms with Crippen LogP contribution in [0.25, 0.3) is 27.8 Å². The zero-order valence-electron chi connectivity index (χ0n) is 18.1. The third-order valence-corrected chi connectivity index (χ3v) is 5.31. The predicted octanol–water partition coefficient (Wildman–Crippen LogP) is 4.74. The van der Waals surface area contributed by atoms with Crippen LogP contribution in [0.1, 0.15) is 5.56 Å². The van der Waals surface area contributed by atoms with E-state index in [1.807, 2.05) is 47.9 Å². The molecule has 0 saturated carbocycles. The van der Waals surface area contributed by atoms with Gasteiger partial charge in [-0.25, -0.2) is 4.98 Å². The number of aryl methyl sites for hydroxylation is 1. The van der Waals surface area contributed by atoms with Gasteiger partial charge in [0.25, 0.3) is 0 Å². The molecule has 0 aliphatic heterocycles. The first-order valence-corrected chi connectivity index (χ1v) is 9.66. The zero-order chi connectivity index (χ0) is 22.1. The molecule has 0 aliphatic rings. The number of aromatic hydroxyl groups is 1. The molecular weight excluding hydrogens is 396 g/mol. The molecule has 0 radical (unpaired) electrons. The summed E-state index contributed by atoms with van der Waals surface area (Å²) in [6.07, 6.45) is 1.73. The highest BCUT2D eigenvalue weighted by Crippen LogP contribution is 2.41. The molecule has 0 amide bonds. The van der Waals surface area contributed by atoms with Crippen molar-refractivity contribution >= 4 is 11.0 Å². The summed E-state index contributed by atoms with van der Waals surface area (Å²) in [5.74, 6) is 2.50. The van der Waals surface area contributed by atoms with Crippen LogP contribution in [0.2, 0.25) is 0 Å². The Bertz CT molecular complexity index is 1240. The molecule has 4 aromatic rings. The number of phenolic OH excluding ortho intramolecular Hbond substituents is 1. The Morgan fingerprint density at radius 3 is 2.03 bits per heavy atom. The van der Waals surface area contributed by atoms with E-state index in [9.17, 15) is 5.11 Å². The lowest BCUT2D eigenvalue weighted by Crippen LogP contribution is -1.99. The van der Waals surface area contributed by atoms with Crippen molar-refractivity contribution in [3.05, 3.63) is 54.4 Å². The maximum Gasteiger partial charge on any atom is 0.203 e. The fourth-order valence-electron chi connectivity index (χ4n) is 3.61. The number of hydrogen-bond donors (Lipinski definition) is 1. The Labute approximate surface area is 180 Å². The van der Waals surface area contributed by atoms with E-state index in [1.165, 1.54) is 0 Å². The number of benzene rings is 3. The van der Waals surface area contributed by atoms with Crippen LogP contribution in [-0.2, 0) is 0 Å². The van der Waals surface area contributed by atoms with Gasteiger partial charge in [0.2, 0.25) is 5.75 Å². The monoisotopic (exact) mass is 420 g/mol. The SMILES string of the molecule is COc1cc(-n2cnc3c(OC)cc(-c4ccc(C)c(O)c4)cc32)cc(OC)c1OC. The first-order chi connectivity index (χ1) is 15.0. The fraction of sp³-hybridized carbons (Fsp3) is 0.208. The maximum absolute atomic E-state index is 10.2. The van der Waals surface area contributed by atoms with E-state index >= 15 is 0 Å². The van der Waals surface area contributed by atoms with Gasteiger partial charge in [-0.1, -0.05) is 12.1 Å². The summed E-state index contributed by atoms with van der Waals surface area (Å²) in [5, 5.41) is 10.2. The molecule has 1 N–H and O–H groups in total. The van der Waals surface area contributed by atoms with Crippen molar-refractivity contribution in [3.63, 3.8) is 0 Å². The molecule has 4 rings (SSSR count). The van der Waals surface area contributed by atoms with E-state index < -0.39 is 0 Å². The average Bonchev–Trinajstić information content (AvgIpc) is 3.23. The van der Waals surface area contributed by atoms with Crippen LogP contribution >= 0.6 is 0 Å². The van der Waals surface area contributed by atoms with Crippen molar-refractivity contribution in [1.82, 2.24) is 9.55 Å². The number of nitrogens with zero attached hydrogens (tertiary/aromatic N) is 2. The minimum atomic E-state index is 0.245. The van der Waals surface area contributed by atoms with Crippen LogP contribution in [0.5, 0.6) is 28.7 Å². The topological polar surface area (TPSA) is 75.0 Å². The largest absolute Gasteiger partial charge is 0.508 e. The number of hydrogen-bond acceptors (Lipinski definition) is 6. The van der Waals surface area contributed by atoms with Gasteiger partial charge in [-0.05, 0) is 41.8 Å². The molecule has 0 fully saturated rings. The second kappa shape index (κ2) is 8.10. The number of methoxy groups -OCH3 is 4. The normalized spacial score (nSPS) is 10.9. The molecule has 31 heavy (non-hydrogen) atoms. The summed E-state index contributed by atoms with van der Waals surface area (Å²) in [5.41, 5.74) is 4.94. The standard InChI is InChI=1S/C24H24N2O5/c1-14-6-7-15(9-19(14)27)16-8-18-23(20(10-16)28-2)25-13-26(18)17-11-21(29-3)24(31-5)22(12-17)30-4/h6-13,27H,1-5H3. The summed E-state index contributed by atoms with van der Waals surface area (Å²) in [7, 11) is 6.35. The molecule has 3 aromatic carbocycles. The van der Waals surface area contributed by atoms with Crippen LogP contribution in [0.15, 0.2) is 48.8 Å². The molecule has 0 saturated heterocycles. The highest BCUT2D eigenvalue weighted by atomic mass is 16.5. The Kier molecular flexibility index (Phi) is 5.33. The second-order valence-corrected chi connectivity index (χ2v) is 7.05. The number of rotatable bonds is 6. The summed E-state index contributed by atoms with van der Waals surface area (Å²) < 4.78 is 24.0. The Morgan fingerprint density at radius 2 is 1.45 bits per heavy atom. The van der Waals surface area contributed by atoms with Crippen LogP contribution < -0.4 is 18.9 Å². The molecule has 0 unspecified atom stereocenters. The predicted molar refractivity (Wildman–Crippen MR) is 119 cm³/mol. The van der Waals surface area contributed by atoms with Crippen molar-refractivity contribution in [2.75, 3.05) is 28.4 Å². The summed E-state index contributed by atoms with van der Waals surface area (Å²) in [4.78, 5) is 4.56. The minimum absolute atomic E-state index is 0.245. The smallest absolute Gasteiger partial charge is 0.203 e. The first-order valence-electron chi connectivity index (χ1n) is 9.66. The van der Waals surface area contributed by atoms with Gasteiger partial charge in [0, 0.05) is 12.1 Å². The van der Waals surface area contributed by atoms with Gasteiger partial charge in [-0.2, -0.15) is 0 Å². The average molecular weight is 420 g/mol. The molecule has 0 aliphatic carbocycles. The molecule has 0 bridgehead atoms. The summed E-state index contributed by atoms with van der Waals surface area (Å²) in [6.45, 7) is 1.86. The first kappa shape index (κ1) is 20.4. The molecule has 1 aromatic heterocycles. The van der Waals surface area contributed by atoms with Gasteiger partial charge < -0.3 is 24.1 Å². The minimum Gasteiger partial charge on any atom is -0.508 e. The van der Waals surface area contributed by atoms with Gasteiger partial charge >= 0.3 is 0 Å². The van der Waals surface area contributed by atoms with Crippen molar-refractivity contribution in [1.29, 1.82) is 0 Å². The van der Waals surface area contributed by atoms with Gasteiger partial charge in [0.05, 0.1) is 39.6 Å². The third-order valence-electron chi connectivity index (χ3n) is 5.31. The van der Waals surface area contributed by atoms with Gasteiger partial charge in [-0.15, -0.1) is 0 Å². The van der Waals surface area contributed by atoms with E-state index in [2.05, 4.69) is 4.98 Å². The molecular formula is C24H24N2O5. The number of aromatic nitrogens is 2. The van der Waals surface area contributed by atoms with Crippen molar-refractivity contribution in [3.8, 4) is 45.6 Å². The quantitative estimate of drug-likeness (QED) is 0.486. The van der Waals surface area contributed by atoms with Crippen LogP contribution in [0.4, 0.5) is 0 Å². The van der Waals surface area contributed by atoms with Crippen molar-refractivity contribution in [2.24, 2.45) is 0 Å². The van der Waals surface area contributed by atoms with E-state index in [4.69, 9.17) is 18.9 Å². The van der Waals surface area contributed by atoms with E-state index in [1.54, 1.807) is 40.8 Å². The highest BCUT2D eigenvalue weighted by molar-refractivity contribution is 5.89. The molecule has 0 spiro atoms. The number of fused-ring (bicyclic) bond motifs is 1. The van der Waals surface area contributed by atoms with Crippen molar-refractivity contribution < 1.29 is 24.1 Å². The highest BCUT2D eigenvalue weighted by Gasteiger charge is 2.18. The van der Waals surface area contributed by atoms with Crippen LogP contribution in [-0.4, -0.2) is 43.1 Å². The molecule has 0 atom stereocenters. The summed E-state index contributed by atoms with van der Waals surface area (Å²) in [6, 6.07) is 13.2. The molecule has 160 valence electrons. The fourth-order valence-corrected chi connectivity index (χ4v) is 3.61. The van der Waals surface area contributed by atoms with Crippen LogP contribution in [0, 0.1) is 6.92 Å². The van der Waals surface area contributed by atoms with Crippen LogP contribution in [0.3, 0.4) is 0 Å². The van der Waals surface area contributed by atoms with Gasteiger partial charge in [-0.3, -0.25) is 4.57 Å². The molecule has 1 heterocycles. The maximum atomic E-state index is 10.2. The number of imidazole rings is 1. The van der Waals surface area contributed by atoms with Gasteiger partial charge in [0.15, 0.2) is 11.5 Å². The number of phenols is 1.